The second kappa shape index (κ2) is 12.1. The van der Waals surface area contributed by atoms with E-state index >= 15 is 0 Å². The van der Waals surface area contributed by atoms with Crippen molar-refractivity contribution in [1.82, 2.24) is 10.0 Å². The van der Waals surface area contributed by atoms with Gasteiger partial charge in [0.1, 0.15) is 0 Å². The summed E-state index contributed by atoms with van der Waals surface area (Å²) in [5, 5.41) is 2.53. The third-order valence-corrected chi connectivity index (χ3v) is 6.72. The van der Waals surface area contributed by atoms with Crippen LogP contribution in [0.25, 0.3) is 0 Å². The van der Waals surface area contributed by atoms with Crippen molar-refractivity contribution in [2.75, 3.05) is 19.8 Å². The molecule has 0 bridgehead atoms. The van der Waals surface area contributed by atoms with Gasteiger partial charge in [0.15, 0.2) is 5.78 Å². The molecule has 1 saturated heterocycles. The topological polar surface area (TPSA) is 119 Å². The summed E-state index contributed by atoms with van der Waals surface area (Å²) < 4.78 is 33.3. The zero-order valence-electron chi connectivity index (χ0n) is 18.1. The van der Waals surface area contributed by atoms with Gasteiger partial charge in [0.25, 0.3) is 5.91 Å². The fraction of sp³-hybridized carbons (Fsp3) is 0.591. The lowest BCUT2D eigenvalue weighted by Gasteiger charge is -2.23. The van der Waals surface area contributed by atoms with E-state index in [-0.39, 0.29) is 23.8 Å². The number of carbonyl (C=O) groups excluding carboxylic acids is 3. The maximum atomic E-state index is 13.1. The van der Waals surface area contributed by atoms with Gasteiger partial charge in [-0.2, -0.15) is 0 Å². The SMILES string of the molecule is CC(C)C(NS(=O)(=O)c1ccccc1)C(=O)CC1CCCCCOCCNC(=O)C1=O. The zero-order chi connectivity index (χ0) is 22.9. The molecule has 1 aliphatic rings. The molecule has 0 aliphatic carbocycles. The minimum Gasteiger partial charge on any atom is -0.380 e. The summed E-state index contributed by atoms with van der Waals surface area (Å²) in [4.78, 5) is 38.0. The molecule has 1 fully saturated rings. The number of hydrogen-bond acceptors (Lipinski definition) is 6. The Morgan fingerprint density at radius 1 is 1.13 bits per heavy atom. The predicted molar refractivity (Wildman–Crippen MR) is 116 cm³/mol. The number of ketones is 2. The lowest BCUT2D eigenvalue weighted by Crippen LogP contribution is -2.46. The summed E-state index contributed by atoms with van der Waals surface area (Å²) in [6.07, 6.45) is 2.57. The highest BCUT2D eigenvalue weighted by molar-refractivity contribution is 7.89. The maximum absolute atomic E-state index is 13.1. The highest BCUT2D eigenvalue weighted by Crippen LogP contribution is 2.20. The molecule has 172 valence electrons. The van der Waals surface area contributed by atoms with Crippen molar-refractivity contribution >= 4 is 27.5 Å². The maximum Gasteiger partial charge on any atom is 0.287 e. The summed E-state index contributed by atoms with van der Waals surface area (Å²) in [6.45, 7) is 4.64. The van der Waals surface area contributed by atoms with Gasteiger partial charge in [0.05, 0.1) is 17.5 Å². The molecular weight excluding hydrogens is 420 g/mol. The van der Waals surface area contributed by atoms with Crippen LogP contribution in [0.2, 0.25) is 0 Å². The molecule has 2 atom stereocenters. The van der Waals surface area contributed by atoms with Crippen LogP contribution in [0.5, 0.6) is 0 Å². The number of amides is 1. The van der Waals surface area contributed by atoms with E-state index in [1.165, 1.54) is 12.1 Å². The van der Waals surface area contributed by atoms with E-state index in [2.05, 4.69) is 10.0 Å². The monoisotopic (exact) mass is 452 g/mol. The fourth-order valence-corrected chi connectivity index (χ4v) is 4.88. The Morgan fingerprint density at radius 3 is 2.52 bits per heavy atom. The zero-order valence-corrected chi connectivity index (χ0v) is 18.9. The van der Waals surface area contributed by atoms with Crippen molar-refractivity contribution in [3.8, 4) is 0 Å². The molecule has 0 aromatic heterocycles. The Bertz CT molecular complexity index is 854. The van der Waals surface area contributed by atoms with Crippen LogP contribution < -0.4 is 10.0 Å². The molecule has 2 rings (SSSR count). The molecule has 0 spiro atoms. The molecular formula is C22H32N2O6S. The molecule has 2 unspecified atom stereocenters. The van der Waals surface area contributed by atoms with Gasteiger partial charge < -0.3 is 10.1 Å². The van der Waals surface area contributed by atoms with Gasteiger partial charge >= 0.3 is 0 Å². The van der Waals surface area contributed by atoms with Gasteiger partial charge in [0, 0.05) is 25.5 Å². The van der Waals surface area contributed by atoms with Crippen molar-refractivity contribution in [1.29, 1.82) is 0 Å². The van der Waals surface area contributed by atoms with Crippen molar-refractivity contribution in [2.45, 2.75) is 56.9 Å². The number of sulfonamides is 1. The molecule has 1 aliphatic heterocycles. The van der Waals surface area contributed by atoms with Crippen LogP contribution in [-0.4, -0.2) is 51.7 Å². The largest absolute Gasteiger partial charge is 0.380 e. The average molecular weight is 453 g/mol. The minimum absolute atomic E-state index is 0.0668. The summed E-state index contributed by atoms with van der Waals surface area (Å²) in [6, 6.07) is 6.83. The first-order valence-electron chi connectivity index (χ1n) is 10.7. The molecule has 1 aromatic rings. The molecule has 0 saturated carbocycles. The van der Waals surface area contributed by atoms with E-state index in [0.717, 1.165) is 12.8 Å². The number of nitrogens with one attached hydrogen (secondary N) is 2. The number of carbonyl (C=O) groups is 3. The number of ether oxygens (including phenoxy) is 1. The minimum atomic E-state index is -3.90. The lowest BCUT2D eigenvalue weighted by atomic mass is 9.87. The smallest absolute Gasteiger partial charge is 0.287 e. The second-order valence-corrected chi connectivity index (χ2v) is 9.82. The molecule has 1 aromatic carbocycles. The molecule has 1 heterocycles. The summed E-state index contributed by atoms with van der Waals surface area (Å²) in [7, 11) is -3.90. The van der Waals surface area contributed by atoms with Crippen molar-refractivity contribution < 1.29 is 27.5 Å². The Labute approximate surface area is 184 Å². The fourth-order valence-electron chi connectivity index (χ4n) is 3.49. The van der Waals surface area contributed by atoms with Gasteiger partial charge in [-0.25, -0.2) is 13.1 Å². The van der Waals surface area contributed by atoms with Gasteiger partial charge in [-0.3, -0.25) is 14.4 Å². The van der Waals surface area contributed by atoms with E-state index in [1.807, 2.05) is 0 Å². The van der Waals surface area contributed by atoms with E-state index in [9.17, 15) is 22.8 Å². The van der Waals surface area contributed by atoms with Gasteiger partial charge in [0.2, 0.25) is 15.8 Å². The molecule has 31 heavy (non-hydrogen) atoms. The first kappa shape index (κ1) is 25.2. The second-order valence-electron chi connectivity index (χ2n) is 8.11. The summed E-state index contributed by atoms with van der Waals surface area (Å²) in [5.41, 5.74) is 0. The van der Waals surface area contributed by atoms with Crippen LogP contribution in [0.3, 0.4) is 0 Å². The van der Waals surface area contributed by atoms with Crippen LogP contribution in [-0.2, 0) is 29.1 Å². The molecule has 0 radical (unpaired) electrons. The molecule has 1 amide bonds. The Balaban J connectivity index is 2.14. The number of rotatable bonds is 7. The molecule has 8 nitrogen and oxygen atoms in total. The van der Waals surface area contributed by atoms with Crippen molar-refractivity contribution in [3.05, 3.63) is 30.3 Å². The van der Waals surface area contributed by atoms with Crippen LogP contribution in [0.1, 0.15) is 46.0 Å². The first-order valence-corrected chi connectivity index (χ1v) is 12.2. The van der Waals surface area contributed by atoms with E-state index in [1.54, 1.807) is 32.0 Å². The van der Waals surface area contributed by atoms with Crippen LogP contribution in [0.4, 0.5) is 0 Å². The van der Waals surface area contributed by atoms with Crippen LogP contribution in [0.15, 0.2) is 35.2 Å². The van der Waals surface area contributed by atoms with Gasteiger partial charge in [-0.05, 0) is 30.9 Å². The first-order chi connectivity index (χ1) is 14.7. The molecule has 9 heteroatoms. The Morgan fingerprint density at radius 2 is 1.84 bits per heavy atom. The van der Waals surface area contributed by atoms with E-state index < -0.39 is 39.5 Å². The van der Waals surface area contributed by atoms with Crippen molar-refractivity contribution in [3.63, 3.8) is 0 Å². The third-order valence-electron chi connectivity index (χ3n) is 5.26. The van der Waals surface area contributed by atoms with E-state index in [0.29, 0.717) is 26.1 Å². The highest BCUT2D eigenvalue weighted by atomic mass is 32.2. The number of hydrogen-bond donors (Lipinski definition) is 2. The molecule has 2 N–H and O–H groups in total. The Kier molecular flexibility index (Phi) is 9.80. The summed E-state index contributed by atoms with van der Waals surface area (Å²) in [5.74, 6) is -2.85. The van der Waals surface area contributed by atoms with Gasteiger partial charge in [-0.15, -0.1) is 0 Å². The van der Waals surface area contributed by atoms with Gasteiger partial charge in [-0.1, -0.05) is 44.9 Å². The predicted octanol–water partition coefficient (Wildman–Crippen LogP) is 1.84. The third kappa shape index (κ3) is 7.83. The van der Waals surface area contributed by atoms with Crippen LogP contribution >= 0.6 is 0 Å². The average Bonchev–Trinajstić information content (AvgIpc) is 2.74. The quantitative estimate of drug-likeness (QED) is 0.610. The lowest BCUT2D eigenvalue weighted by molar-refractivity contribution is -0.141. The standard InChI is InChI=1S/C22H32N2O6S/c1-16(2)20(24-31(28,29)18-10-6-3-7-11-18)19(25)15-17-9-5-4-8-13-30-14-12-23-22(27)21(17)26/h3,6-7,10-11,16-17,20,24H,4-5,8-9,12-15H2,1-2H3,(H,23,27). The van der Waals surface area contributed by atoms with E-state index in [4.69, 9.17) is 4.74 Å². The number of Topliss-reactive ketones (excluding diaryl/α,β-unsaturated/α-hetero) is 2. The highest BCUT2D eigenvalue weighted by Gasteiger charge is 2.33. The Hall–Kier alpha value is -2.10. The van der Waals surface area contributed by atoms with Crippen molar-refractivity contribution in [2.24, 2.45) is 11.8 Å². The normalized spacial score (nSPS) is 20.4. The number of benzene rings is 1. The summed E-state index contributed by atoms with van der Waals surface area (Å²) >= 11 is 0. The van der Waals surface area contributed by atoms with Crippen LogP contribution in [0, 0.1) is 11.8 Å².